The number of carboxylic acid groups (broad SMARTS) is 1. The number of carbonyl (C=O) groups is 1. The second kappa shape index (κ2) is 4.83. The predicted molar refractivity (Wildman–Crippen MR) is 49.7 cm³/mol. The summed E-state index contributed by atoms with van der Waals surface area (Å²) >= 11 is 0. The minimum atomic E-state index is -0.998. The third kappa shape index (κ3) is 2.42. The van der Waals surface area contributed by atoms with E-state index in [1.54, 1.807) is 6.20 Å². The van der Waals surface area contributed by atoms with Gasteiger partial charge in [-0.25, -0.2) is 0 Å². The van der Waals surface area contributed by atoms with E-state index in [0.29, 0.717) is 12.1 Å². The molecule has 15 heavy (non-hydrogen) atoms. The molecule has 1 heterocycles. The molecule has 0 N–H and O–H groups in total. The Morgan fingerprint density at radius 2 is 2.33 bits per heavy atom. The Morgan fingerprint density at radius 3 is 3.00 bits per heavy atom. The Hall–Kier alpha value is -0.783. The van der Waals surface area contributed by atoms with Gasteiger partial charge in [0.2, 0.25) is 0 Å². The van der Waals surface area contributed by atoms with Crippen molar-refractivity contribution < 1.29 is 28.8 Å². The third-order valence-corrected chi connectivity index (χ3v) is 2.69. The van der Waals surface area contributed by atoms with Crippen LogP contribution in [-0.2, 0) is 11.2 Å². The van der Waals surface area contributed by atoms with Crippen LogP contribution >= 0.6 is 0 Å². The van der Waals surface area contributed by atoms with Gasteiger partial charge in [0, 0.05) is 12.1 Å². The number of carbonyl (C=O) groups excluding carboxylic acids is 1. The SMILES string of the molecule is Cc1cnc2c(c1)CCCC2C(=O)[O-].[Li+]. The number of aryl methyl sites for hydroxylation is 2. The zero-order valence-electron chi connectivity index (χ0n) is 9.12. The van der Waals surface area contributed by atoms with Crippen molar-refractivity contribution in [1.29, 1.82) is 0 Å². The first-order valence-electron chi connectivity index (χ1n) is 4.85. The molecule has 0 spiro atoms. The van der Waals surface area contributed by atoms with Crippen molar-refractivity contribution in [2.45, 2.75) is 32.1 Å². The Balaban J connectivity index is 0.00000112. The van der Waals surface area contributed by atoms with Gasteiger partial charge in [0.25, 0.3) is 0 Å². The predicted octanol–water partition coefficient (Wildman–Crippen LogP) is -2.44. The van der Waals surface area contributed by atoms with Crippen LogP contribution in [0.3, 0.4) is 0 Å². The molecule has 0 aromatic carbocycles. The van der Waals surface area contributed by atoms with Crippen LogP contribution in [0.5, 0.6) is 0 Å². The number of hydrogen-bond donors (Lipinski definition) is 0. The number of fused-ring (bicyclic) bond motifs is 1. The van der Waals surface area contributed by atoms with E-state index >= 15 is 0 Å². The van der Waals surface area contributed by atoms with Crippen molar-refractivity contribution >= 4 is 5.97 Å². The summed E-state index contributed by atoms with van der Waals surface area (Å²) in [5.41, 5.74) is 2.87. The first-order valence-corrected chi connectivity index (χ1v) is 4.85. The Labute approximate surface area is 101 Å². The summed E-state index contributed by atoms with van der Waals surface area (Å²) < 4.78 is 0. The maximum atomic E-state index is 10.9. The molecule has 0 radical (unpaired) electrons. The molecule has 2 rings (SSSR count). The topological polar surface area (TPSA) is 53.0 Å². The van der Waals surface area contributed by atoms with Gasteiger partial charge in [-0.2, -0.15) is 0 Å². The summed E-state index contributed by atoms with van der Waals surface area (Å²) in [7, 11) is 0. The molecule has 1 aromatic heterocycles. The molecule has 0 bridgehead atoms. The molecule has 0 saturated carbocycles. The van der Waals surface area contributed by atoms with Crippen LogP contribution in [0.25, 0.3) is 0 Å². The van der Waals surface area contributed by atoms with Gasteiger partial charge in [0.05, 0.1) is 11.7 Å². The number of aliphatic carboxylic acids is 1. The van der Waals surface area contributed by atoms with Crippen LogP contribution in [0.4, 0.5) is 0 Å². The van der Waals surface area contributed by atoms with Crippen LogP contribution in [0, 0.1) is 6.92 Å². The molecule has 4 heteroatoms. The molecule has 0 saturated heterocycles. The Morgan fingerprint density at radius 1 is 1.60 bits per heavy atom. The molecule has 0 aliphatic heterocycles. The minimum absolute atomic E-state index is 0. The quantitative estimate of drug-likeness (QED) is 0.470. The van der Waals surface area contributed by atoms with Crippen LogP contribution in [-0.4, -0.2) is 11.0 Å². The molecular weight excluding hydrogens is 185 g/mol. The fourth-order valence-electron chi connectivity index (χ4n) is 2.02. The second-order valence-corrected chi connectivity index (χ2v) is 3.82. The van der Waals surface area contributed by atoms with E-state index in [9.17, 15) is 9.90 Å². The largest absolute Gasteiger partial charge is 1.00 e. The van der Waals surface area contributed by atoms with Crippen molar-refractivity contribution in [2.24, 2.45) is 0 Å². The smallest absolute Gasteiger partial charge is 0.549 e. The zero-order valence-corrected chi connectivity index (χ0v) is 9.12. The first-order chi connectivity index (χ1) is 6.68. The molecule has 0 fully saturated rings. The van der Waals surface area contributed by atoms with E-state index in [1.165, 1.54) is 0 Å². The van der Waals surface area contributed by atoms with Gasteiger partial charge in [-0.1, -0.05) is 6.07 Å². The number of hydrogen-bond acceptors (Lipinski definition) is 3. The van der Waals surface area contributed by atoms with Gasteiger partial charge in [-0.05, 0) is 37.3 Å². The number of rotatable bonds is 1. The number of aromatic nitrogens is 1. The summed E-state index contributed by atoms with van der Waals surface area (Å²) in [5, 5.41) is 10.9. The number of carboxylic acids is 1. The molecule has 1 atom stereocenters. The van der Waals surface area contributed by atoms with E-state index < -0.39 is 11.9 Å². The van der Waals surface area contributed by atoms with E-state index in [2.05, 4.69) is 4.98 Å². The summed E-state index contributed by atoms with van der Waals surface area (Å²) in [6.07, 6.45) is 4.23. The van der Waals surface area contributed by atoms with Crippen LogP contribution in [0.15, 0.2) is 12.3 Å². The molecule has 1 aromatic rings. The average molecular weight is 197 g/mol. The molecule has 1 aliphatic rings. The summed E-state index contributed by atoms with van der Waals surface area (Å²) in [6, 6.07) is 2.03. The molecule has 0 amide bonds. The van der Waals surface area contributed by atoms with Crippen LogP contribution in [0.2, 0.25) is 0 Å². The van der Waals surface area contributed by atoms with Crippen LogP contribution < -0.4 is 24.0 Å². The van der Waals surface area contributed by atoms with Gasteiger partial charge in [0.15, 0.2) is 0 Å². The second-order valence-electron chi connectivity index (χ2n) is 3.82. The number of pyridine rings is 1. The van der Waals surface area contributed by atoms with Crippen LogP contribution in [0.1, 0.15) is 35.6 Å². The Kier molecular flexibility index (Phi) is 3.95. The third-order valence-electron chi connectivity index (χ3n) is 2.69. The van der Waals surface area contributed by atoms with Crippen molar-refractivity contribution in [3.05, 3.63) is 29.1 Å². The van der Waals surface area contributed by atoms with Gasteiger partial charge in [-0.3, -0.25) is 4.98 Å². The normalized spacial score (nSPS) is 18.9. The van der Waals surface area contributed by atoms with Gasteiger partial charge < -0.3 is 9.90 Å². The minimum Gasteiger partial charge on any atom is -0.549 e. The standard InChI is InChI=1S/C11H13NO2.Li/c1-7-5-8-3-2-4-9(11(13)14)10(8)12-6-7;/h5-6,9H,2-4H2,1H3,(H,13,14);/q;+1/p-1. The van der Waals surface area contributed by atoms with Gasteiger partial charge >= 0.3 is 18.9 Å². The maximum Gasteiger partial charge on any atom is 1.00 e. The monoisotopic (exact) mass is 197 g/mol. The molecule has 74 valence electrons. The van der Waals surface area contributed by atoms with E-state index in [0.717, 1.165) is 24.0 Å². The Bertz CT molecular complexity index is 379. The molecule has 1 aliphatic carbocycles. The van der Waals surface area contributed by atoms with E-state index in [4.69, 9.17) is 0 Å². The van der Waals surface area contributed by atoms with Crippen molar-refractivity contribution in [3.63, 3.8) is 0 Å². The molecular formula is C11H12LiNO2. The van der Waals surface area contributed by atoms with Gasteiger partial charge in [0.1, 0.15) is 0 Å². The van der Waals surface area contributed by atoms with Crippen molar-refractivity contribution in [3.8, 4) is 0 Å². The van der Waals surface area contributed by atoms with E-state index in [-0.39, 0.29) is 18.9 Å². The summed E-state index contributed by atoms with van der Waals surface area (Å²) in [5.74, 6) is -1.50. The van der Waals surface area contributed by atoms with E-state index in [1.807, 2.05) is 13.0 Å². The molecule has 1 unspecified atom stereocenters. The maximum absolute atomic E-state index is 10.9. The first kappa shape index (κ1) is 12.3. The number of nitrogens with zero attached hydrogens (tertiary/aromatic N) is 1. The zero-order chi connectivity index (χ0) is 10.1. The van der Waals surface area contributed by atoms with Crippen molar-refractivity contribution in [1.82, 2.24) is 4.98 Å². The average Bonchev–Trinajstić information content (AvgIpc) is 2.16. The summed E-state index contributed by atoms with van der Waals surface area (Å²) in [4.78, 5) is 15.1. The summed E-state index contributed by atoms with van der Waals surface area (Å²) in [6.45, 7) is 1.97. The fourth-order valence-corrected chi connectivity index (χ4v) is 2.02. The molecule has 3 nitrogen and oxygen atoms in total. The fraction of sp³-hybridized carbons (Fsp3) is 0.455. The van der Waals surface area contributed by atoms with Gasteiger partial charge in [-0.15, -0.1) is 0 Å². The van der Waals surface area contributed by atoms with Crippen molar-refractivity contribution in [2.75, 3.05) is 0 Å².